The van der Waals surface area contributed by atoms with E-state index >= 15 is 0 Å². The number of aromatic nitrogens is 1. The summed E-state index contributed by atoms with van der Waals surface area (Å²) in [6.45, 7) is 5.28. The van der Waals surface area contributed by atoms with Gasteiger partial charge in [0.1, 0.15) is 5.82 Å². The number of hydrogen-bond donors (Lipinski definition) is 1. The van der Waals surface area contributed by atoms with Crippen molar-refractivity contribution >= 4 is 27.7 Å². The maximum atomic E-state index is 12.8. The zero-order chi connectivity index (χ0) is 14.7. The maximum Gasteiger partial charge on any atom is 0.258 e. The normalized spacial score (nSPS) is 22.7. The molecule has 2 heterocycles. The van der Waals surface area contributed by atoms with Gasteiger partial charge < -0.3 is 15.0 Å². The van der Waals surface area contributed by atoms with Crippen molar-refractivity contribution in [2.24, 2.45) is 0 Å². The van der Waals surface area contributed by atoms with Crippen LogP contribution in [0.1, 0.15) is 30.6 Å². The highest BCUT2D eigenvalue weighted by atomic mass is 79.9. The molecule has 20 heavy (non-hydrogen) atoms. The number of halogens is 1. The van der Waals surface area contributed by atoms with Crippen LogP contribution in [-0.4, -0.2) is 48.1 Å². The molecule has 2 unspecified atom stereocenters. The van der Waals surface area contributed by atoms with E-state index in [0.717, 1.165) is 10.9 Å². The molecule has 2 rings (SSSR count). The van der Waals surface area contributed by atoms with Crippen molar-refractivity contribution in [2.45, 2.75) is 32.4 Å². The number of amides is 1. The van der Waals surface area contributed by atoms with Gasteiger partial charge in [-0.1, -0.05) is 6.92 Å². The molecule has 1 N–H and O–H groups in total. The van der Waals surface area contributed by atoms with E-state index < -0.39 is 0 Å². The highest BCUT2D eigenvalue weighted by molar-refractivity contribution is 9.10. The van der Waals surface area contributed by atoms with Gasteiger partial charge in [-0.25, -0.2) is 4.98 Å². The van der Waals surface area contributed by atoms with Crippen LogP contribution < -0.4 is 5.32 Å². The summed E-state index contributed by atoms with van der Waals surface area (Å²) in [4.78, 5) is 19.0. The van der Waals surface area contributed by atoms with Gasteiger partial charge in [0.05, 0.1) is 24.3 Å². The second-order valence-electron chi connectivity index (χ2n) is 4.96. The van der Waals surface area contributed by atoms with Crippen LogP contribution in [-0.2, 0) is 4.74 Å². The molecule has 5 nitrogen and oxygen atoms in total. The summed E-state index contributed by atoms with van der Waals surface area (Å²) in [5.41, 5.74) is 0.592. The summed E-state index contributed by atoms with van der Waals surface area (Å²) >= 11 is 3.38. The third-order valence-corrected chi connectivity index (χ3v) is 3.96. The fraction of sp³-hybridized carbons (Fsp3) is 0.571. The Morgan fingerprint density at radius 1 is 1.65 bits per heavy atom. The smallest absolute Gasteiger partial charge is 0.258 e. The van der Waals surface area contributed by atoms with Crippen molar-refractivity contribution in [1.29, 1.82) is 0 Å². The lowest BCUT2D eigenvalue weighted by Gasteiger charge is -2.38. The summed E-state index contributed by atoms with van der Waals surface area (Å²) in [7, 11) is 1.77. The van der Waals surface area contributed by atoms with Crippen molar-refractivity contribution in [3.05, 3.63) is 22.3 Å². The summed E-state index contributed by atoms with van der Waals surface area (Å²) < 4.78 is 6.44. The molecule has 0 saturated carbocycles. The third-order valence-electron chi connectivity index (χ3n) is 3.52. The standard InChI is InChI=1S/C14H20BrN3O2/c1-4-11-8-20-9(2)7-18(11)14(19)12-5-10(15)6-17-13(12)16-3/h5-6,9,11H,4,7-8H2,1-3H3,(H,16,17). The predicted octanol–water partition coefficient (Wildman–Crippen LogP) is 2.53. The average molecular weight is 342 g/mol. The molecule has 1 saturated heterocycles. The van der Waals surface area contributed by atoms with Gasteiger partial charge in [-0.05, 0) is 35.3 Å². The minimum atomic E-state index is 0.00477. The van der Waals surface area contributed by atoms with Crippen LogP contribution in [0, 0.1) is 0 Å². The molecule has 1 aliphatic heterocycles. The number of pyridine rings is 1. The van der Waals surface area contributed by atoms with Crippen molar-refractivity contribution in [2.75, 3.05) is 25.5 Å². The molecule has 0 radical (unpaired) electrons. The number of rotatable bonds is 3. The van der Waals surface area contributed by atoms with Gasteiger partial charge >= 0.3 is 0 Å². The van der Waals surface area contributed by atoms with Crippen LogP contribution in [0.25, 0.3) is 0 Å². The minimum absolute atomic E-state index is 0.00477. The molecule has 0 bridgehead atoms. The Kier molecular flexibility index (Phi) is 4.99. The van der Waals surface area contributed by atoms with Crippen LogP contribution in [0.5, 0.6) is 0 Å². The van der Waals surface area contributed by atoms with Crippen molar-refractivity contribution < 1.29 is 9.53 Å². The highest BCUT2D eigenvalue weighted by Crippen LogP contribution is 2.23. The Morgan fingerprint density at radius 2 is 2.40 bits per heavy atom. The van der Waals surface area contributed by atoms with E-state index in [-0.39, 0.29) is 18.1 Å². The number of nitrogens with zero attached hydrogens (tertiary/aromatic N) is 2. The number of carbonyl (C=O) groups is 1. The van der Waals surface area contributed by atoms with Crippen LogP contribution in [0.2, 0.25) is 0 Å². The quantitative estimate of drug-likeness (QED) is 0.917. The lowest BCUT2D eigenvalue weighted by molar-refractivity contribution is -0.0443. The predicted molar refractivity (Wildman–Crippen MR) is 82.0 cm³/mol. The lowest BCUT2D eigenvalue weighted by atomic mass is 10.1. The first-order valence-electron chi connectivity index (χ1n) is 6.82. The zero-order valence-corrected chi connectivity index (χ0v) is 13.6. The fourth-order valence-electron chi connectivity index (χ4n) is 2.39. The fourth-order valence-corrected chi connectivity index (χ4v) is 2.72. The average Bonchev–Trinajstić information content (AvgIpc) is 2.46. The van der Waals surface area contributed by atoms with Gasteiger partial charge in [0, 0.05) is 24.3 Å². The summed E-state index contributed by atoms with van der Waals surface area (Å²) in [6, 6.07) is 1.94. The van der Waals surface area contributed by atoms with E-state index in [1.54, 1.807) is 13.2 Å². The van der Waals surface area contributed by atoms with Gasteiger partial charge in [0.15, 0.2) is 0 Å². The van der Waals surface area contributed by atoms with Gasteiger partial charge in [-0.3, -0.25) is 4.79 Å². The van der Waals surface area contributed by atoms with Crippen molar-refractivity contribution in [3.8, 4) is 0 Å². The minimum Gasteiger partial charge on any atom is -0.375 e. The Hall–Kier alpha value is -1.14. The van der Waals surface area contributed by atoms with Gasteiger partial charge in [-0.2, -0.15) is 0 Å². The molecule has 0 aliphatic carbocycles. The number of ether oxygens (including phenoxy) is 1. The first kappa shape index (κ1) is 15.3. The Balaban J connectivity index is 2.31. The zero-order valence-electron chi connectivity index (χ0n) is 12.0. The molecular formula is C14H20BrN3O2. The molecule has 2 atom stereocenters. The lowest BCUT2D eigenvalue weighted by Crippen LogP contribution is -2.51. The van der Waals surface area contributed by atoms with E-state index in [0.29, 0.717) is 24.5 Å². The van der Waals surface area contributed by atoms with Crippen LogP contribution in [0.15, 0.2) is 16.7 Å². The SMILES string of the molecule is CCC1COC(C)CN1C(=O)c1cc(Br)cnc1NC. The van der Waals surface area contributed by atoms with Crippen LogP contribution >= 0.6 is 15.9 Å². The van der Waals surface area contributed by atoms with E-state index in [9.17, 15) is 4.79 Å². The molecule has 0 aromatic carbocycles. The topological polar surface area (TPSA) is 54.5 Å². The Labute approximate surface area is 127 Å². The number of nitrogens with one attached hydrogen (secondary N) is 1. The van der Waals surface area contributed by atoms with Crippen LogP contribution in [0.3, 0.4) is 0 Å². The molecule has 6 heteroatoms. The maximum absolute atomic E-state index is 12.8. The first-order valence-corrected chi connectivity index (χ1v) is 7.62. The van der Waals surface area contributed by atoms with E-state index in [2.05, 4.69) is 33.2 Å². The number of anilines is 1. The Morgan fingerprint density at radius 3 is 3.05 bits per heavy atom. The molecule has 1 aromatic heterocycles. The van der Waals surface area contributed by atoms with Crippen LogP contribution in [0.4, 0.5) is 5.82 Å². The largest absolute Gasteiger partial charge is 0.375 e. The molecule has 1 aliphatic rings. The van der Waals surface area contributed by atoms with E-state index in [4.69, 9.17) is 4.74 Å². The number of morpholine rings is 1. The highest BCUT2D eigenvalue weighted by Gasteiger charge is 2.31. The number of hydrogen-bond acceptors (Lipinski definition) is 4. The van der Waals surface area contributed by atoms with Gasteiger partial charge in [0.25, 0.3) is 5.91 Å². The second kappa shape index (κ2) is 6.54. The molecular weight excluding hydrogens is 322 g/mol. The Bertz CT molecular complexity index is 495. The molecule has 1 amide bonds. The monoisotopic (exact) mass is 341 g/mol. The molecule has 110 valence electrons. The molecule has 1 fully saturated rings. The number of carbonyl (C=O) groups excluding carboxylic acids is 1. The van der Waals surface area contributed by atoms with E-state index in [1.807, 2.05) is 17.9 Å². The summed E-state index contributed by atoms with van der Waals surface area (Å²) in [5, 5.41) is 2.98. The molecule has 1 aromatic rings. The summed E-state index contributed by atoms with van der Waals surface area (Å²) in [5.74, 6) is 0.609. The van der Waals surface area contributed by atoms with Crippen molar-refractivity contribution in [1.82, 2.24) is 9.88 Å². The second-order valence-corrected chi connectivity index (χ2v) is 5.88. The molecule has 0 spiro atoms. The first-order chi connectivity index (χ1) is 9.56. The summed E-state index contributed by atoms with van der Waals surface area (Å²) in [6.07, 6.45) is 2.64. The van der Waals surface area contributed by atoms with Crippen molar-refractivity contribution in [3.63, 3.8) is 0 Å². The van der Waals surface area contributed by atoms with Gasteiger partial charge in [-0.15, -0.1) is 0 Å². The van der Waals surface area contributed by atoms with Gasteiger partial charge in [0.2, 0.25) is 0 Å². The van der Waals surface area contributed by atoms with E-state index in [1.165, 1.54) is 0 Å². The third kappa shape index (κ3) is 3.12.